The van der Waals surface area contributed by atoms with Crippen molar-refractivity contribution in [2.24, 2.45) is 0 Å². The van der Waals surface area contributed by atoms with Crippen molar-refractivity contribution in [3.05, 3.63) is 120 Å². The van der Waals surface area contributed by atoms with E-state index in [4.69, 9.17) is 0 Å². The standard InChI is InChI=1S/C46H52B2/c1-3-5-7-9-11-13-19-35-25-29-37(30-26-35)47-43-23-17-15-21-39(43)41-34-46-42(33-45(41)47)40-22-16-18-24-44(40)48(46)38-31-27-36(28-32-38)20-14-12-10-8-6-4-2/h15-18,21-34H,3-14,19-20H2,1-2H3. The normalized spacial score (nSPS) is 12.6. The van der Waals surface area contributed by atoms with Crippen molar-refractivity contribution in [3.63, 3.8) is 0 Å². The number of fused-ring (bicyclic) bond motifs is 6. The maximum Gasteiger partial charge on any atom is 0.242 e. The molecule has 5 aromatic rings. The van der Waals surface area contributed by atoms with Crippen molar-refractivity contribution in [2.75, 3.05) is 0 Å². The van der Waals surface area contributed by atoms with Gasteiger partial charge in [-0.05, 0) is 59.1 Å². The molecule has 2 aliphatic rings. The summed E-state index contributed by atoms with van der Waals surface area (Å²) in [6.45, 7) is 5.14. The van der Waals surface area contributed by atoms with E-state index < -0.39 is 0 Å². The van der Waals surface area contributed by atoms with Gasteiger partial charge in [-0.25, -0.2) is 0 Å². The van der Waals surface area contributed by atoms with Crippen molar-refractivity contribution in [1.29, 1.82) is 0 Å². The fourth-order valence-corrected chi connectivity index (χ4v) is 8.59. The summed E-state index contributed by atoms with van der Waals surface area (Å²) in [7, 11) is 0. The molecule has 0 unspecified atom stereocenters. The van der Waals surface area contributed by atoms with Crippen molar-refractivity contribution in [2.45, 2.75) is 104 Å². The fourth-order valence-electron chi connectivity index (χ4n) is 8.59. The first kappa shape index (κ1) is 32.8. The molecule has 0 N–H and O–H groups in total. The smallest absolute Gasteiger partial charge is 0.0686 e. The van der Waals surface area contributed by atoms with Crippen LogP contribution in [0.4, 0.5) is 0 Å². The van der Waals surface area contributed by atoms with Crippen LogP contribution in [0, 0.1) is 0 Å². The first-order valence-corrected chi connectivity index (χ1v) is 19.3. The predicted molar refractivity (Wildman–Crippen MR) is 214 cm³/mol. The third-order valence-corrected chi connectivity index (χ3v) is 11.2. The first-order chi connectivity index (χ1) is 23.8. The van der Waals surface area contributed by atoms with Crippen molar-refractivity contribution >= 4 is 46.2 Å². The predicted octanol–water partition coefficient (Wildman–Crippen LogP) is 8.49. The average Bonchev–Trinajstić information content (AvgIpc) is 3.63. The molecule has 0 aliphatic carbocycles. The Balaban J connectivity index is 1.16. The summed E-state index contributed by atoms with van der Waals surface area (Å²) in [5.74, 6) is 0. The van der Waals surface area contributed by atoms with Crippen LogP contribution in [-0.2, 0) is 12.8 Å². The van der Waals surface area contributed by atoms with Gasteiger partial charge in [-0.2, -0.15) is 0 Å². The van der Waals surface area contributed by atoms with Gasteiger partial charge < -0.3 is 0 Å². The van der Waals surface area contributed by atoms with Crippen molar-refractivity contribution in [3.8, 4) is 22.3 Å². The Bertz CT molecular complexity index is 1670. The fraction of sp³-hybridized carbons (Fsp3) is 0.348. The van der Waals surface area contributed by atoms with Gasteiger partial charge >= 0.3 is 0 Å². The maximum atomic E-state index is 2.56. The second kappa shape index (κ2) is 15.6. The van der Waals surface area contributed by atoms with E-state index in [1.807, 2.05) is 0 Å². The lowest BCUT2D eigenvalue weighted by Gasteiger charge is -2.15. The average molecular weight is 627 g/mol. The molecule has 0 saturated heterocycles. The number of unbranched alkanes of at least 4 members (excludes halogenated alkanes) is 10. The van der Waals surface area contributed by atoms with Gasteiger partial charge in [0.1, 0.15) is 0 Å². The van der Waals surface area contributed by atoms with Crippen LogP contribution < -0.4 is 32.8 Å². The van der Waals surface area contributed by atoms with Gasteiger partial charge in [0.05, 0.1) is 0 Å². The highest BCUT2D eigenvalue weighted by molar-refractivity contribution is 7.01. The molecule has 5 aromatic carbocycles. The summed E-state index contributed by atoms with van der Waals surface area (Å²) in [6.07, 6.45) is 18.6. The summed E-state index contributed by atoms with van der Waals surface area (Å²) in [4.78, 5) is 0. The zero-order valence-electron chi connectivity index (χ0n) is 29.4. The zero-order valence-corrected chi connectivity index (χ0v) is 29.4. The molecule has 2 aliphatic heterocycles. The Kier molecular flexibility index (Phi) is 10.7. The first-order valence-electron chi connectivity index (χ1n) is 19.3. The second-order valence-electron chi connectivity index (χ2n) is 14.6. The Morgan fingerprint density at radius 3 is 1.15 bits per heavy atom. The second-order valence-corrected chi connectivity index (χ2v) is 14.6. The van der Waals surface area contributed by atoms with Crippen LogP contribution in [0.1, 0.15) is 102 Å². The van der Waals surface area contributed by atoms with Gasteiger partial charge in [-0.3, -0.25) is 0 Å². The molecule has 7 rings (SSSR count). The summed E-state index contributed by atoms with van der Waals surface area (Å²) >= 11 is 0. The Labute approximate surface area is 291 Å². The molecule has 2 heteroatoms. The van der Waals surface area contributed by atoms with Gasteiger partial charge in [-0.1, -0.05) is 220 Å². The largest absolute Gasteiger partial charge is 0.242 e. The minimum absolute atomic E-state index is 0.275. The molecule has 0 radical (unpaired) electrons. The lowest BCUT2D eigenvalue weighted by atomic mass is 9.37. The molecule has 0 amide bonds. The highest BCUT2D eigenvalue weighted by Crippen LogP contribution is 2.29. The van der Waals surface area contributed by atoms with E-state index in [1.54, 1.807) is 0 Å². The van der Waals surface area contributed by atoms with E-state index in [0.29, 0.717) is 0 Å². The Morgan fingerprint density at radius 1 is 0.354 bits per heavy atom. The van der Waals surface area contributed by atoms with E-state index in [2.05, 4.69) is 123 Å². The number of aryl methyl sites for hydroxylation is 2. The Morgan fingerprint density at radius 2 is 0.729 bits per heavy atom. The van der Waals surface area contributed by atoms with Crippen LogP contribution in [-0.4, -0.2) is 13.4 Å². The van der Waals surface area contributed by atoms with E-state index in [-0.39, 0.29) is 13.4 Å². The van der Waals surface area contributed by atoms with Gasteiger partial charge in [0.2, 0.25) is 13.4 Å². The molecule has 2 heterocycles. The maximum absolute atomic E-state index is 2.56. The van der Waals surface area contributed by atoms with E-state index in [9.17, 15) is 0 Å². The van der Waals surface area contributed by atoms with Crippen LogP contribution in [0.3, 0.4) is 0 Å². The van der Waals surface area contributed by atoms with Crippen LogP contribution in [0.2, 0.25) is 0 Å². The minimum atomic E-state index is 0.275. The molecule has 0 saturated carbocycles. The van der Waals surface area contributed by atoms with Crippen LogP contribution in [0.15, 0.2) is 109 Å². The molecular weight excluding hydrogens is 574 g/mol. The van der Waals surface area contributed by atoms with Crippen LogP contribution >= 0.6 is 0 Å². The van der Waals surface area contributed by atoms with Crippen molar-refractivity contribution < 1.29 is 0 Å². The van der Waals surface area contributed by atoms with Gasteiger partial charge in [-0.15, -0.1) is 0 Å². The van der Waals surface area contributed by atoms with Crippen LogP contribution in [0.5, 0.6) is 0 Å². The third kappa shape index (κ3) is 6.87. The molecule has 0 bridgehead atoms. The lowest BCUT2D eigenvalue weighted by molar-refractivity contribution is 0.607. The molecule has 0 atom stereocenters. The quantitative estimate of drug-likeness (QED) is 0.0746. The number of hydrogen-bond donors (Lipinski definition) is 0. The number of benzene rings is 5. The zero-order chi connectivity index (χ0) is 32.7. The van der Waals surface area contributed by atoms with Crippen molar-refractivity contribution in [1.82, 2.24) is 0 Å². The van der Waals surface area contributed by atoms with Gasteiger partial charge in [0.15, 0.2) is 0 Å². The highest BCUT2D eigenvalue weighted by Gasteiger charge is 2.39. The van der Waals surface area contributed by atoms with Gasteiger partial charge in [0, 0.05) is 0 Å². The molecule has 48 heavy (non-hydrogen) atoms. The molecule has 0 fully saturated rings. The van der Waals surface area contributed by atoms with E-state index in [0.717, 1.165) is 0 Å². The Hall–Kier alpha value is -3.77. The number of rotatable bonds is 16. The number of hydrogen-bond acceptors (Lipinski definition) is 0. The SMILES string of the molecule is CCCCCCCCc1ccc(B2c3ccccc3-c3cc4c(cc32)-c2ccccc2B4c2ccc(CCCCCCCC)cc2)cc1. The van der Waals surface area contributed by atoms with Crippen LogP contribution in [0.25, 0.3) is 22.3 Å². The monoisotopic (exact) mass is 626 g/mol. The molecular formula is C46H52B2. The lowest BCUT2D eigenvalue weighted by Crippen LogP contribution is -2.50. The topological polar surface area (TPSA) is 0 Å². The summed E-state index contributed by atoms with van der Waals surface area (Å²) in [5, 5.41) is 0. The summed E-state index contributed by atoms with van der Waals surface area (Å²) < 4.78 is 0. The molecule has 0 nitrogen and oxygen atoms in total. The summed E-state index contributed by atoms with van der Waals surface area (Å²) in [6, 6.07) is 42.7. The summed E-state index contributed by atoms with van der Waals surface area (Å²) in [5.41, 5.74) is 17.2. The van der Waals surface area contributed by atoms with E-state index >= 15 is 0 Å². The molecule has 242 valence electrons. The molecule has 0 aromatic heterocycles. The molecule has 0 spiro atoms. The highest BCUT2D eigenvalue weighted by atomic mass is 14.2. The van der Waals surface area contributed by atoms with E-state index in [1.165, 1.54) is 156 Å². The minimum Gasteiger partial charge on any atom is -0.0686 e. The van der Waals surface area contributed by atoms with Gasteiger partial charge in [0.25, 0.3) is 0 Å². The third-order valence-electron chi connectivity index (χ3n) is 11.2.